The number of rotatable bonds is 4. The van der Waals surface area contributed by atoms with Crippen LogP contribution in [0.25, 0.3) is 0 Å². The minimum atomic E-state index is -2.33. The van der Waals surface area contributed by atoms with E-state index in [4.69, 9.17) is 0 Å². The second-order valence-electron chi connectivity index (χ2n) is 2.99. The van der Waals surface area contributed by atoms with Gasteiger partial charge in [0.2, 0.25) is 0 Å². The van der Waals surface area contributed by atoms with E-state index in [0.29, 0.717) is 0 Å². The van der Waals surface area contributed by atoms with Gasteiger partial charge in [0.25, 0.3) is 6.43 Å². The fourth-order valence-corrected chi connectivity index (χ4v) is 2.52. The van der Waals surface area contributed by atoms with Crippen LogP contribution >= 0.6 is 22.6 Å². The minimum Gasteiger partial charge on any atom is -0.262 e. The highest BCUT2D eigenvalue weighted by molar-refractivity contribution is 14.1. The Morgan fingerprint density at radius 1 is 1.36 bits per heavy atom. The van der Waals surface area contributed by atoms with Crippen molar-refractivity contribution in [3.05, 3.63) is 15.0 Å². The topological polar surface area (TPSA) is 17.8 Å². The number of hydrogen-bond donors (Lipinski definition) is 0. The Kier molecular flexibility index (Phi) is 4.28. The summed E-state index contributed by atoms with van der Waals surface area (Å²) in [5, 5.41) is 4.17. The van der Waals surface area contributed by atoms with E-state index in [2.05, 4.69) is 27.7 Å². The van der Waals surface area contributed by atoms with E-state index in [0.717, 1.165) is 27.8 Å². The molecule has 0 saturated carbocycles. The molecule has 0 atom stereocenters. The molecule has 0 aliphatic carbocycles. The third-order valence-electron chi connectivity index (χ3n) is 2.04. The fraction of sp³-hybridized carbons (Fsp3) is 0.667. The summed E-state index contributed by atoms with van der Waals surface area (Å²) < 4.78 is 26.9. The number of hydrogen-bond acceptors (Lipinski definition) is 1. The van der Waals surface area contributed by atoms with Crippen LogP contribution in [0.4, 0.5) is 8.78 Å². The zero-order valence-corrected chi connectivity index (χ0v) is 10.4. The number of halogens is 3. The molecule has 0 saturated heterocycles. The van der Waals surface area contributed by atoms with Gasteiger partial charge in [0.05, 0.1) is 15.0 Å². The van der Waals surface area contributed by atoms with Crippen molar-refractivity contribution in [1.82, 2.24) is 9.78 Å². The number of alkyl halides is 2. The Bertz CT molecular complexity index is 310. The summed E-state index contributed by atoms with van der Waals surface area (Å²) >= 11 is 2.18. The van der Waals surface area contributed by atoms with Crippen molar-refractivity contribution >= 4 is 22.6 Å². The van der Waals surface area contributed by atoms with Crippen LogP contribution in [0.2, 0.25) is 0 Å². The van der Waals surface area contributed by atoms with Crippen molar-refractivity contribution in [3.8, 4) is 0 Å². The highest BCUT2D eigenvalue weighted by Crippen LogP contribution is 2.19. The Balaban J connectivity index is 3.02. The molecule has 0 spiro atoms. The number of aryl methyl sites for hydroxylation is 1. The molecule has 0 aromatic carbocycles. The Labute approximate surface area is 95.8 Å². The summed E-state index contributed by atoms with van der Waals surface area (Å²) in [7, 11) is 0. The summed E-state index contributed by atoms with van der Waals surface area (Å²) in [6, 6.07) is 0. The van der Waals surface area contributed by atoms with E-state index < -0.39 is 6.43 Å². The van der Waals surface area contributed by atoms with E-state index in [1.165, 1.54) is 4.68 Å². The minimum absolute atomic E-state index is 0.292. The van der Waals surface area contributed by atoms with Crippen LogP contribution in [0.3, 0.4) is 0 Å². The summed E-state index contributed by atoms with van der Waals surface area (Å²) in [6.45, 7) is 3.65. The first kappa shape index (κ1) is 11.9. The predicted molar refractivity (Wildman–Crippen MR) is 59.7 cm³/mol. The summed E-state index contributed by atoms with van der Waals surface area (Å²) in [5.41, 5.74) is 1.84. The van der Waals surface area contributed by atoms with E-state index in [1.54, 1.807) is 0 Å². The lowest BCUT2D eigenvalue weighted by molar-refractivity contribution is 0.120. The molecule has 14 heavy (non-hydrogen) atoms. The van der Waals surface area contributed by atoms with Gasteiger partial charge in [0, 0.05) is 0 Å². The van der Waals surface area contributed by atoms with Gasteiger partial charge in [-0.25, -0.2) is 8.78 Å². The summed E-state index contributed by atoms with van der Waals surface area (Å²) in [4.78, 5) is 0. The highest BCUT2D eigenvalue weighted by atomic mass is 127. The molecule has 0 amide bonds. The summed E-state index contributed by atoms with van der Waals surface area (Å²) in [5.74, 6) is 0. The van der Waals surface area contributed by atoms with E-state index >= 15 is 0 Å². The van der Waals surface area contributed by atoms with Crippen molar-refractivity contribution in [2.24, 2.45) is 0 Å². The molecule has 2 nitrogen and oxygen atoms in total. The van der Waals surface area contributed by atoms with Gasteiger partial charge in [0.1, 0.15) is 6.54 Å². The lowest BCUT2D eigenvalue weighted by Crippen LogP contribution is -2.11. The first-order valence-corrected chi connectivity index (χ1v) is 5.70. The standard InChI is InChI=1S/C9H13F2IN2/c1-3-6-9(12)7(4-2)14(13-6)5-8(10)11/h8H,3-5H2,1-2H3. The molecular formula is C9H13F2IN2. The molecule has 0 bridgehead atoms. The van der Waals surface area contributed by atoms with E-state index in [-0.39, 0.29) is 6.54 Å². The molecule has 0 aliphatic rings. The second-order valence-corrected chi connectivity index (χ2v) is 4.07. The third-order valence-corrected chi connectivity index (χ3v) is 3.29. The van der Waals surface area contributed by atoms with E-state index in [1.807, 2.05) is 13.8 Å². The Morgan fingerprint density at radius 2 is 2.00 bits per heavy atom. The molecule has 0 radical (unpaired) electrons. The molecule has 1 aromatic heterocycles. The maximum atomic E-state index is 12.2. The molecule has 1 heterocycles. The van der Waals surface area contributed by atoms with Crippen LogP contribution < -0.4 is 0 Å². The highest BCUT2D eigenvalue weighted by Gasteiger charge is 2.15. The van der Waals surface area contributed by atoms with Crippen LogP contribution in [0, 0.1) is 3.57 Å². The third kappa shape index (κ3) is 2.43. The zero-order chi connectivity index (χ0) is 10.7. The van der Waals surface area contributed by atoms with Crippen LogP contribution in [0.1, 0.15) is 25.2 Å². The zero-order valence-electron chi connectivity index (χ0n) is 8.23. The summed E-state index contributed by atoms with van der Waals surface area (Å²) in [6.07, 6.45) is -0.792. The Morgan fingerprint density at radius 3 is 2.43 bits per heavy atom. The number of aromatic nitrogens is 2. The molecule has 1 aromatic rings. The quantitative estimate of drug-likeness (QED) is 0.782. The van der Waals surface area contributed by atoms with Crippen LogP contribution in [0.5, 0.6) is 0 Å². The van der Waals surface area contributed by atoms with Gasteiger partial charge in [-0.05, 0) is 35.4 Å². The predicted octanol–water partition coefficient (Wildman–Crippen LogP) is 2.88. The van der Waals surface area contributed by atoms with Gasteiger partial charge >= 0.3 is 0 Å². The monoisotopic (exact) mass is 314 g/mol. The van der Waals surface area contributed by atoms with Gasteiger partial charge in [-0.1, -0.05) is 13.8 Å². The molecule has 80 valence electrons. The van der Waals surface area contributed by atoms with Gasteiger partial charge in [-0.2, -0.15) is 5.10 Å². The Hall–Kier alpha value is -0.200. The van der Waals surface area contributed by atoms with Crippen molar-refractivity contribution in [2.45, 2.75) is 39.7 Å². The molecule has 5 heteroatoms. The first-order valence-electron chi connectivity index (χ1n) is 4.62. The largest absolute Gasteiger partial charge is 0.262 e. The second kappa shape index (κ2) is 5.04. The average Bonchev–Trinajstić information content (AvgIpc) is 2.41. The van der Waals surface area contributed by atoms with Crippen molar-refractivity contribution < 1.29 is 8.78 Å². The van der Waals surface area contributed by atoms with Gasteiger partial charge in [-0.3, -0.25) is 4.68 Å². The molecule has 0 unspecified atom stereocenters. The van der Waals surface area contributed by atoms with Crippen LogP contribution in [-0.2, 0) is 19.4 Å². The molecule has 0 aliphatic heterocycles. The molecule has 0 fully saturated rings. The first-order chi connectivity index (χ1) is 6.60. The smallest absolute Gasteiger partial charge is 0.257 e. The number of nitrogens with zero attached hydrogens (tertiary/aromatic N) is 2. The van der Waals surface area contributed by atoms with Crippen LogP contribution in [0.15, 0.2) is 0 Å². The van der Waals surface area contributed by atoms with Gasteiger partial charge in [0.15, 0.2) is 0 Å². The van der Waals surface area contributed by atoms with Crippen molar-refractivity contribution in [2.75, 3.05) is 0 Å². The lowest BCUT2D eigenvalue weighted by Gasteiger charge is -2.04. The normalized spacial score (nSPS) is 11.3. The van der Waals surface area contributed by atoms with E-state index in [9.17, 15) is 8.78 Å². The van der Waals surface area contributed by atoms with Crippen LogP contribution in [-0.4, -0.2) is 16.2 Å². The lowest BCUT2D eigenvalue weighted by atomic mass is 10.2. The SMILES string of the molecule is CCc1nn(CC(F)F)c(CC)c1I. The molecular weight excluding hydrogens is 301 g/mol. The molecule has 1 rings (SSSR count). The van der Waals surface area contributed by atoms with Crippen molar-refractivity contribution in [3.63, 3.8) is 0 Å². The molecule has 0 N–H and O–H groups in total. The maximum absolute atomic E-state index is 12.2. The average molecular weight is 314 g/mol. The fourth-order valence-electron chi connectivity index (χ4n) is 1.38. The van der Waals surface area contributed by atoms with Gasteiger partial charge < -0.3 is 0 Å². The van der Waals surface area contributed by atoms with Crippen molar-refractivity contribution in [1.29, 1.82) is 0 Å². The van der Waals surface area contributed by atoms with Gasteiger partial charge in [-0.15, -0.1) is 0 Å². The maximum Gasteiger partial charge on any atom is 0.257 e.